The summed E-state index contributed by atoms with van der Waals surface area (Å²) in [6, 6.07) is 20.6. The number of fused-ring (bicyclic) bond motifs is 1. The molecule has 0 saturated heterocycles. The summed E-state index contributed by atoms with van der Waals surface area (Å²) in [5.74, 6) is 1.43. The van der Waals surface area contributed by atoms with Crippen LogP contribution in [-0.2, 0) is 14.3 Å². The van der Waals surface area contributed by atoms with Crippen molar-refractivity contribution in [1.29, 1.82) is 0 Å². The first-order valence-electron chi connectivity index (χ1n) is 10.8. The number of hydrogen-bond acceptors (Lipinski definition) is 7. The maximum Gasteiger partial charge on any atom is 0.412 e. The van der Waals surface area contributed by atoms with E-state index in [2.05, 4.69) is 11.9 Å². The molecule has 0 spiro atoms. The number of para-hydroxylation sites is 1. The van der Waals surface area contributed by atoms with E-state index in [1.165, 1.54) is 0 Å². The van der Waals surface area contributed by atoms with Crippen molar-refractivity contribution in [2.24, 2.45) is 0 Å². The Balaban J connectivity index is 1.41. The van der Waals surface area contributed by atoms with Gasteiger partial charge in [0.05, 0.1) is 13.2 Å². The van der Waals surface area contributed by atoms with Gasteiger partial charge in [0, 0.05) is 18.0 Å². The summed E-state index contributed by atoms with van der Waals surface area (Å²) in [4.78, 5) is 22.9. The number of nitrogens with one attached hydrogen (secondary N) is 1. The smallest absolute Gasteiger partial charge is 0.412 e. The average molecular weight is 466 g/mol. The second-order valence-electron chi connectivity index (χ2n) is 6.95. The molecular formula is C26H27NO7. The van der Waals surface area contributed by atoms with Crippen LogP contribution in [0.5, 0.6) is 17.2 Å². The summed E-state index contributed by atoms with van der Waals surface area (Å²) >= 11 is 0. The first kappa shape index (κ1) is 24.6. The van der Waals surface area contributed by atoms with Gasteiger partial charge in [-0.15, -0.1) is 0 Å². The summed E-state index contributed by atoms with van der Waals surface area (Å²) in [6.07, 6.45) is 0.492. The standard InChI is InChI=1S/C26H27NO7/c1-2-25(28)33-16-15-30-14-13-27-26(29)34-22-11-12-23-20(19-22)7-6-10-24(23)32-18-17-31-21-8-4-3-5-9-21/h2-12,19H,1,13-18H2,(H,27,29). The molecule has 0 aromatic heterocycles. The highest BCUT2D eigenvalue weighted by atomic mass is 16.6. The van der Waals surface area contributed by atoms with Gasteiger partial charge >= 0.3 is 12.1 Å². The van der Waals surface area contributed by atoms with Crippen molar-refractivity contribution < 1.29 is 33.3 Å². The lowest BCUT2D eigenvalue weighted by atomic mass is 10.1. The minimum atomic E-state index is -0.591. The quantitative estimate of drug-likeness (QED) is 0.230. The monoisotopic (exact) mass is 465 g/mol. The molecule has 8 nitrogen and oxygen atoms in total. The van der Waals surface area contributed by atoms with E-state index in [4.69, 9.17) is 23.7 Å². The Morgan fingerprint density at radius 2 is 1.65 bits per heavy atom. The molecule has 0 aliphatic heterocycles. The number of benzene rings is 3. The zero-order valence-electron chi connectivity index (χ0n) is 18.7. The summed E-state index contributed by atoms with van der Waals surface area (Å²) in [5, 5.41) is 4.38. The lowest BCUT2D eigenvalue weighted by Crippen LogP contribution is -2.30. The van der Waals surface area contributed by atoms with Gasteiger partial charge < -0.3 is 29.0 Å². The topological polar surface area (TPSA) is 92.3 Å². The van der Waals surface area contributed by atoms with Crippen molar-refractivity contribution in [2.75, 3.05) is 39.6 Å². The number of carbonyl (C=O) groups excluding carboxylic acids is 2. The first-order valence-corrected chi connectivity index (χ1v) is 10.8. The normalized spacial score (nSPS) is 10.4. The Morgan fingerprint density at radius 3 is 2.47 bits per heavy atom. The Morgan fingerprint density at radius 1 is 0.824 bits per heavy atom. The van der Waals surface area contributed by atoms with E-state index in [-0.39, 0.29) is 26.4 Å². The molecule has 1 amide bonds. The molecule has 0 saturated carbocycles. The second-order valence-corrected chi connectivity index (χ2v) is 6.95. The molecule has 0 atom stereocenters. The van der Waals surface area contributed by atoms with E-state index >= 15 is 0 Å². The van der Waals surface area contributed by atoms with Gasteiger partial charge in [0.1, 0.15) is 37.1 Å². The third kappa shape index (κ3) is 8.14. The Bertz CT molecular complexity index is 1080. The van der Waals surface area contributed by atoms with Crippen LogP contribution >= 0.6 is 0 Å². The van der Waals surface area contributed by atoms with Crippen molar-refractivity contribution in [3.05, 3.63) is 79.4 Å². The van der Waals surface area contributed by atoms with Crippen LogP contribution in [0.4, 0.5) is 4.79 Å². The predicted molar refractivity (Wildman–Crippen MR) is 127 cm³/mol. The Kier molecular flexibility index (Phi) is 9.76. The lowest BCUT2D eigenvalue weighted by molar-refractivity contribution is -0.139. The molecule has 0 aliphatic carbocycles. The maximum atomic E-state index is 12.0. The minimum absolute atomic E-state index is 0.123. The van der Waals surface area contributed by atoms with E-state index < -0.39 is 12.1 Å². The van der Waals surface area contributed by atoms with E-state index in [1.807, 2.05) is 54.6 Å². The molecule has 3 aromatic carbocycles. The molecule has 0 bridgehead atoms. The fourth-order valence-corrected chi connectivity index (χ4v) is 2.98. The third-order valence-electron chi connectivity index (χ3n) is 4.53. The summed E-state index contributed by atoms with van der Waals surface area (Å²) < 4.78 is 26.9. The highest BCUT2D eigenvalue weighted by Crippen LogP contribution is 2.29. The van der Waals surface area contributed by atoms with Crippen molar-refractivity contribution in [3.63, 3.8) is 0 Å². The molecule has 0 aliphatic rings. The predicted octanol–water partition coefficient (Wildman–Crippen LogP) is 4.13. The van der Waals surface area contributed by atoms with Crippen LogP contribution in [0.2, 0.25) is 0 Å². The molecule has 1 N–H and O–H groups in total. The molecular weight excluding hydrogens is 438 g/mol. The number of carbonyl (C=O) groups is 2. The fraction of sp³-hybridized carbons (Fsp3) is 0.231. The largest absolute Gasteiger partial charge is 0.490 e. The molecule has 178 valence electrons. The number of hydrogen-bond donors (Lipinski definition) is 1. The van der Waals surface area contributed by atoms with Crippen molar-refractivity contribution >= 4 is 22.8 Å². The van der Waals surface area contributed by atoms with Crippen LogP contribution in [0.3, 0.4) is 0 Å². The van der Waals surface area contributed by atoms with Crippen LogP contribution in [0.1, 0.15) is 0 Å². The van der Waals surface area contributed by atoms with Crippen molar-refractivity contribution in [2.45, 2.75) is 0 Å². The third-order valence-corrected chi connectivity index (χ3v) is 4.53. The van der Waals surface area contributed by atoms with Crippen LogP contribution < -0.4 is 19.5 Å². The molecule has 8 heteroatoms. The van der Waals surface area contributed by atoms with E-state index in [0.29, 0.717) is 19.0 Å². The highest BCUT2D eigenvalue weighted by molar-refractivity contribution is 5.90. The van der Waals surface area contributed by atoms with Crippen molar-refractivity contribution in [3.8, 4) is 17.2 Å². The molecule has 0 radical (unpaired) electrons. The molecule has 0 unspecified atom stereocenters. The summed E-state index contributed by atoms with van der Waals surface area (Å²) in [5.41, 5.74) is 0. The van der Waals surface area contributed by atoms with E-state index in [0.717, 1.165) is 28.3 Å². The zero-order valence-corrected chi connectivity index (χ0v) is 18.7. The van der Waals surface area contributed by atoms with Gasteiger partial charge in [-0.25, -0.2) is 9.59 Å². The molecule has 0 heterocycles. The van der Waals surface area contributed by atoms with Crippen LogP contribution in [0.15, 0.2) is 79.4 Å². The van der Waals surface area contributed by atoms with Crippen LogP contribution in [-0.4, -0.2) is 51.6 Å². The number of rotatable bonds is 13. The Hall–Kier alpha value is -4.04. The van der Waals surface area contributed by atoms with Gasteiger partial charge in [0.25, 0.3) is 0 Å². The number of ether oxygens (including phenoxy) is 5. The Labute approximate surface area is 198 Å². The van der Waals surface area contributed by atoms with Gasteiger partial charge in [-0.3, -0.25) is 0 Å². The van der Waals surface area contributed by atoms with Crippen LogP contribution in [0, 0.1) is 0 Å². The number of amides is 1. The SMILES string of the molecule is C=CC(=O)OCCOCCNC(=O)Oc1ccc2c(OCCOc3ccccc3)cccc2c1. The summed E-state index contributed by atoms with van der Waals surface area (Å²) in [7, 11) is 0. The van der Waals surface area contributed by atoms with Gasteiger partial charge in [-0.2, -0.15) is 0 Å². The minimum Gasteiger partial charge on any atom is -0.490 e. The van der Waals surface area contributed by atoms with Gasteiger partial charge in [-0.05, 0) is 41.8 Å². The molecule has 0 fully saturated rings. The van der Waals surface area contributed by atoms with Gasteiger partial charge in [-0.1, -0.05) is 36.9 Å². The zero-order chi connectivity index (χ0) is 24.0. The lowest BCUT2D eigenvalue weighted by Gasteiger charge is -2.12. The average Bonchev–Trinajstić information content (AvgIpc) is 2.86. The van der Waals surface area contributed by atoms with Crippen LogP contribution in [0.25, 0.3) is 10.8 Å². The highest BCUT2D eigenvalue weighted by Gasteiger charge is 2.08. The number of esters is 1. The summed E-state index contributed by atoms with van der Waals surface area (Å²) in [6.45, 7) is 4.98. The molecule has 3 rings (SSSR count). The van der Waals surface area contributed by atoms with E-state index in [9.17, 15) is 9.59 Å². The maximum absolute atomic E-state index is 12.0. The molecule has 34 heavy (non-hydrogen) atoms. The fourth-order valence-electron chi connectivity index (χ4n) is 2.98. The first-order chi connectivity index (χ1) is 16.7. The molecule has 3 aromatic rings. The van der Waals surface area contributed by atoms with E-state index in [1.54, 1.807) is 12.1 Å². The van der Waals surface area contributed by atoms with Gasteiger partial charge in [0.15, 0.2) is 0 Å². The second kappa shape index (κ2) is 13.5. The van der Waals surface area contributed by atoms with Crippen molar-refractivity contribution in [1.82, 2.24) is 5.32 Å². The van der Waals surface area contributed by atoms with Gasteiger partial charge in [0.2, 0.25) is 0 Å².